The first kappa shape index (κ1) is 14.5. The first-order chi connectivity index (χ1) is 9.15. The smallest absolute Gasteiger partial charge is 0.141 e. The van der Waals surface area contributed by atoms with E-state index in [0.717, 1.165) is 35.0 Å². The molecule has 2 N–H and O–H groups in total. The SMILES string of the molecule is CCCC(CN)C(=O)Cc1cc(Br)cc2c1OCC2. The zero-order valence-corrected chi connectivity index (χ0v) is 12.8. The highest BCUT2D eigenvalue weighted by atomic mass is 79.9. The Morgan fingerprint density at radius 2 is 2.32 bits per heavy atom. The van der Waals surface area contributed by atoms with E-state index in [0.29, 0.717) is 19.6 Å². The van der Waals surface area contributed by atoms with Crippen molar-refractivity contribution in [1.82, 2.24) is 0 Å². The van der Waals surface area contributed by atoms with Gasteiger partial charge in [-0.05, 0) is 24.1 Å². The summed E-state index contributed by atoms with van der Waals surface area (Å²) >= 11 is 3.50. The summed E-state index contributed by atoms with van der Waals surface area (Å²) < 4.78 is 6.67. The summed E-state index contributed by atoms with van der Waals surface area (Å²) in [7, 11) is 0. The second kappa shape index (κ2) is 6.53. The van der Waals surface area contributed by atoms with Gasteiger partial charge in [-0.3, -0.25) is 4.79 Å². The molecular weight excluding hydrogens is 306 g/mol. The van der Waals surface area contributed by atoms with Crippen LogP contribution in [-0.4, -0.2) is 18.9 Å². The fourth-order valence-electron chi connectivity index (χ4n) is 2.57. The van der Waals surface area contributed by atoms with E-state index in [1.807, 2.05) is 6.07 Å². The quantitative estimate of drug-likeness (QED) is 0.874. The molecule has 0 amide bonds. The average molecular weight is 326 g/mol. The number of halogens is 1. The number of hydrogen-bond acceptors (Lipinski definition) is 3. The van der Waals surface area contributed by atoms with E-state index in [-0.39, 0.29) is 11.7 Å². The van der Waals surface area contributed by atoms with Gasteiger partial charge in [-0.25, -0.2) is 0 Å². The molecule has 19 heavy (non-hydrogen) atoms. The van der Waals surface area contributed by atoms with E-state index >= 15 is 0 Å². The van der Waals surface area contributed by atoms with Crippen molar-refractivity contribution < 1.29 is 9.53 Å². The molecule has 0 spiro atoms. The van der Waals surface area contributed by atoms with E-state index in [2.05, 4.69) is 28.9 Å². The lowest BCUT2D eigenvalue weighted by atomic mass is 9.93. The Labute approximate surface area is 122 Å². The van der Waals surface area contributed by atoms with Gasteiger partial charge in [0, 0.05) is 35.3 Å². The largest absolute Gasteiger partial charge is 0.493 e. The summed E-state index contributed by atoms with van der Waals surface area (Å²) in [6, 6.07) is 4.06. The topological polar surface area (TPSA) is 52.3 Å². The van der Waals surface area contributed by atoms with Crippen LogP contribution in [0.1, 0.15) is 30.9 Å². The Morgan fingerprint density at radius 1 is 1.53 bits per heavy atom. The zero-order valence-electron chi connectivity index (χ0n) is 11.2. The highest BCUT2D eigenvalue weighted by Gasteiger charge is 2.22. The van der Waals surface area contributed by atoms with Gasteiger partial charge in [0.25, 0.3) is 0 Å². The molecule has 1 unspecified atom stereocenters. The normalized spacial score (nSPS) is 14.9. The summed E-state index contributed by atoms with van der Waals surface area (Å²) in [5.41, 5.74) is 7.87. The van der Waals surface area contributed by atoms with Gasteiger partial charge in [-0.2, -0.15) is 0 Å². The van der Waals surface area contributed by atoms with Gasteiger partial charge >= 0.3 is 0 Å². The summed E-state index contributed by atoms with van der Waals surface area (Å²) in [6.45, 7) is 3.22. The lowest BCUT2D eigenvalue weighted by molar-refractivity contribution is -0.122. The number of hydrogen-bond donors (Lipinski definition) is 1. The van der Waals surface area contributed by atoms with Gasteiger partial charge in [0.1, 0.15) is 11.5 Å². The van der Waals surface area contributed by atoms with Crippen LogP contribution in [-0.2, 0) is 17.6 Å². The minimum Gasteiger partial charge on any atom is -0.493 e. The Morgan fingerprint density at radius 3 is 3.00 bits per heavy atom. The number of ether oxygens (including phenoxy) is 1. The summed E-state index contributed by atoms with van der Waals surface area (Å²) in [4.78, 5) is 12.3. The molecule has 0 fully saturated rings. The second-order valence-electron chi connectivity index (χ2n) is 5.02. The number of benzene rings is 1. The first-order valence-electron chi connectivity index (χ1n) is 6.82. The fraction of sp³-hybridized carbons (Fsp3) is 0.533. The third-order valence-electron chi connectivity index (χ3n) is 3.57. The first-order valence-corrected chi connectivity index (χ1v) is 7.61. The third kappa shape index (κ3) is 3.37. The Hall–Kier alpha value is -0.870. The van der Waals surface area contributed by atoms with Crippen LogP contribution in [0.15, 0.2) is 16.6 Å². The maximum Gasteiger partial charge on any atom is 0.141 e. The number of fused-ring (bicyclic) bond motifs is 1. The molecule has 0 saturated heterocycles. The number of rotatable bonds is 6. The highest BCUT2D eigenvalue weighted by molar-refractivity contribution is 9.10. The fourth-order valence-corrected chi connectivity index (χ4v) is 3.12. The molecule has 3 nitrogen and oxygen atoms in total. The van der Waals surface area contributed by atoms with Crippen molar-refractivity contribution in [3.8, 4) is 5.75 Å². The highest BCUT2D eigenvalue weighted by Crippen LogP contribution is 2.33. The van der Waals surface area contributed by atoms with Crippen LogP contribution in [0.4, 0.5) is 0 Å². The summed E-state index contributed by atoms with van der Waals surface area (Å²) in [6.07, 6.45) is 3.20. The third-order valence-corrected chi connectivity index (χ3v) is 4.02. The predicted molar refractivity (Wildman–Crippen MR) is 79.5 cm³/mol. The Kier molecular flexibility index (Phi) is 4.99. The summed E-state index contributed by atoms with van der Waals surface area (Å²) in [5.74, 6) is 1.10. The van der Waals surface area contributed by atoms with Gasteiger partial charge < -0.3 is 10.5 Å². The molecule has 0 bridgehead atoms. The Balaban J connectivity index is 2.17. The van der Waals surface area contributed by atoms with Gasteiger partial charge in [0.15, 0.2) is 0 Å². The number of ketones is 1. The minimum atomic E-state index is -0.0268. The molecule has 1 aliphatic rings. The molecule has 0 radical (unpaired) electrons. The maximum absolute atomic E-state index is 12.3. The molecule has 0 saturated carbocycles. The maximum atomic E-state index is 12.3. The van der Waals surface area contributed by atoms with E-state index in [9.17, 15) is 4.79 Å². The van der Waals surface area contributed by atoms with Crippen LogP contribution in [0, 0.1) is 5.92 Å². The Bertz CT molecular complexity index is 473. The molecule has 104 valence electrons. The average Bonchev–Trinajstić information content (AvgIpc) is 2.83. The van der Waals surface area contributed by atoms with Crippen LogP contribution >= 0.6 is 15.9 Å². The van der Waals surface area contributed by atoms with Gasteiger partial charge in [-0.15, -0.1) is 0 Å². The standard InChI is InChI=1S/C15H20BrNO2/c1-2-3-11(9-17)14(18)8-12-7-13(16)6-10-4-5-19-15(10)12/h6-7,11H,2-5,8-9,17H2,1H3. The van der Waals surface area contributed by atoms with Crippen molar-refractivity contribution in [1.29, 1.82) is 0 Å². The zero-order chi connectivity index (χ0) is 13.8. The molecule has 1 atom stereocenters. The van der Waals surface area contributed by atoms with Crippen LogP contribution < -0.4 is 10.5 Å². The summed E-state index contributed by atoms with van der Waals surface area (Å²) in [5, 5.41) is 0. The van der Waals surface area contributed by atoms with E-state index in [1.165, 1.54) is 5.56 Å². The molecule has 4 heteroatoms. The van der Waals surface area contributed by atoms with Crippen molar-refractivity contribution >= 4 is 21.7 Å². The molecule has 1 aromatic carbocycles. The van der Waals surface area contributed by atoms with Crippen LogP contribution in [0.3, 0.4) is 0 Å². The second-order valence-corrected chi connectivity index (χ2v) is 5.93. The van der Waals surface area contributed by atoms with Gasteiger partial charge in [-0.1, -0.05) is 29.3 Å². The molecule has 0 aromatic heterocycles. The lowest BCUT2D eigenvalue weighted by Gasteiger charge is -2.14. The van der Waals surface area contributed by atoms with Crippen LogP contribution in [0.2, 0.25) is 0 Å². The molecule has 1 aromatic rings. The predicted octanol–water partition coefficient (Wildman–Crippen LogP) is 2.87. The molecule has 1 aliphatic heterocycles. The number of Topliss-reactive ketones (excluding diaryl/α,β-unsaturated/α-hetero) is 1. The van der Waals surface area contributed by atoms with Crippen molar-refractivity contribution in [2.75, 3.05) is 13.2 Å². The molecule has 1 heterocycles. The van der Waals surface area contributed by atoms with E-state index in [4.69, 9.17) is 10.5 Å². The van der Waals surface area contributed by atoms with Crippen molar-refractivity contribution in [3.63, 3.8) is 0 Å². The number of carbonyl (C=O) groups excluding carboxylic acids is 1. The number of nitrogens with two attached hydrogens (primary N) is 1. The monoisotopic (exact) mass is 325 g/mol. The molecule has 2 rings (SSSR count). The van der Waals surface area contributed by atoms with Crippen LogP contribution in [0.5, 0.6) is 5.75 Å². The van der Waals surface area contributed by atoms with Crippen molar-refractivity contribution in [3.05, 3.63) is 27.7 Å². The lowest BCUT2D eigenvalue weighted by Crippen LogP contribution is -2.25. The van der Waals surface area contributed by atoms with E-state index < -0.39 is 0 Å². The van der Waals surface area contributed by atoms with Crippen LogP contribution in [0.25, 0.3) is 0 Å². The molecule has 0 aliphatic carbocycles. The van der Waals surface area contributed by atoms with Gasteiger partial charge in [0.2, 0.25) is 0 Å². The van der Waals surface area contributed by atoms with Crippen molar-refractivity contribution in [2.45, 2.75) is 32.6 Å². The number of carbonyl (C=O) groups is 1. The van der Waals surface area contributed by atoms with E-state index in [1.54, 1.807) is 0 Å². The molecular formula is C15H20BrNO2. The van der Waals surface area contributed by atoms with Gasteiger partial charge in [0.05, 0.1) is 6.61 Å². The minimum absolute atomic E-state index is 0.0268. The van der Waals surface area contributed by atoms with Crippen molar-refractivity contribution in [2.24, 2.45) is 11.7 Å².